The van der Waals surface area contributed by atoms with Crippen LogP contribution in [0.15, 0.2) is 48.5 Å². The van der Waals surface area contributed by atoms with Crippen LogP contribution in [0.5, 0.6) is 0 Å². The molecule has 0 saturated heterocycles. The first-order valence-corrected chi connectivity index (χ1v) is 9.81. The summed E-state index contributed by atoms with van der Waals surface area (Å²) in [5, 5.41) is 5.47. The van der Waals surface area contributed by atoms with E-state index < -0.39 is 5.97 Å². The lowest BCUT2D eigenvalue weighted by Gasteiger charge is -2.10. The molecule has 29 heavy (non-hydrogen) atoms. The number of esters is 1. The van der Waals surface area contributed by atoms with E-state index in [1.807, 2.05) is 26.0 Å². The molecular weight excluding hydrogens is 368 g/mol. The lowest BCUT2D eigenvalue weighted by molar-refractivity contribution is 0.0474. The van der Waals surface area contributed by atoms with E-state index >= 15 is 0 Å². The van der Waals surface area contributed by atoms with Crippen molar-refractivity contribution in [2.45, 2.75) is 46.2 Å². The fourth-order valence-corrected chi connectivity index (χ4v) is 2.70. The van der Waals surface area contributed by atoms with E-state index in [-0.39, 0.29) is 24.5 Å². The highest BCUT2D eigenvalue weighted by Crippen LogP contribution is 2.09. The second kappa shape index (κ2) is 11.0. The number of nitrogens with one attached hydrogen (secondary N) is 2. The van der Waals surface area contributed by atoms with Gasteiger partial charge in [-0.2, -0.15) is 0 Å². The highest BCUT2D eigenvalue weighted by atomic mass is 16.5. The van der Waals surface area contributed by atoms with E-state index in [9.17, 15) is 14.4 Å². The molecule has 154 valence electrons. The Balaban J connectivity index is 1.82. The quantitative estimate of drug-likeness (QED) is 0.497. The van der Waals surface area contributed by atoms with Crippen molar-refractivity contribution in [1.29, 1.82) is 0 Å². The van der Waals surface area contributed by atoms with Crippen LogP contribution < -0.4 is 10.6 Å². The van der Waals surface area contributed by atoms with Crippen molar-refractivity contribution < 1.29 is 19.1 Å². The predicted molar refractivity (Wildman–Crippen MR) is 112 cm³/mol. The average molecular weight is 396 g/mol. The number of amides is 2. The normalized spacial score (nSPS) is 10.5. The number of urea groups is 1. The summed E-state index contributed by atoms with van der Waals surface area (Å²) in [5.41, 5.74) is 2.91. The Morgan fingerprint density at radius 3 is 2.07 bits per heavy atom. The minimum absolute atomic E-state index is 0.0594. The van der Waals surface area contributed by atoms with Crippen molar-refractivity contribution in [3.63, 3.8) is 0 Å². The maximum absolute atomic E-state index is 12.2. The molecule has 2 amide bonds. The van der Waals surface area contributed by atoms with Crippen molar-refractivity contribution in [2.75, 3.05) is 6.61 Å². The molecule has 0 unspecified atom stereocenters. The molecule has 2 aromatic rings. The molecule has 2 N–H and O–H groups in total. The van der Waals surface area contributed by atoms with Crippen LogP contribution in [0.4, 0.5) is 4.79 Å². The number of Topliss-reactive ketones (excluding diaryl/α,β-unsaturated/α-hetero) is 1. The van der Waals surface area contributed by atoms with Crippen molar-refractivity contribution in [2.24, 2.45) is 0 Å². The maximum Gasteiger partial charge on any atom is 0.338 e. The van der Waals surface area contributed by atoms with Gasteiger partial charge in [0.1, 0.15) is 0 Å². The van der Waals surface area contributed by atoms with Crippen LogP contribution in [0.1, 0.15) is 59.0 Å². The van der Waals surface area contributed by atoms with Gasteiger partial charge in [-0.25, -0.2) is 9.59 Å². The van der Waals surface area contributed by atoms with Crippen molar-refractivity contribution in [1.82, 2.24) is 10.6 Å². The van der Waals surface area contributed by atoms with Gasteiger partial charge in [-0.05, 0) is 43.5 Å². The lowest BCUT2D eigenvalue weighted by Crippen LogP contribution is -2.39. The molecule has 2 aromatic carbocycles. The summed E-state index contributed by atoms with van der Waals surface area (Å²) < 4.78 is 5.14. The van der Waals surface area contributed by atoms with E-state index in [2.05, 4.69) is 17.6 Å². The second-order valence-corrected chi connectivity index (χ2v) is 7.12. The van der Waals surface area contributed by atoms with Gasteiger partial charge in [0.2, 0.25) is 0 Å². The molecular formula is C23H28N2O4. The van der Waals surface area contributed by atoms with E-state index in [0.29, 0.717) is 17.7 Å². The number of ketones is 1. The SMILES string of the molecule is CCCc1ccc(C(=O)COC(=O)c2ccc(CNC(=O)NC(C)C)cc2)cc1. The van der Waals surface area contributed by atoms with E-state index in [1.54, 1.807) is 36.4 Å². The summed E-state index contributed by atoms with van der Waals surface area (Å²) in [5.74, 6) is -0.795. The van der Waals surface area contributed by atoms with E-state index in [1.165, 1.54) is 5.56 Å². The third kappa shape index (κ3) is 7.41. The first-order valence-electron chi connectivity index (χ1n) is 9.81. The smallest absolute Gasteiger partial charge is 0.338 e. The molecule has 0 heterocycles. The highest BCUT2D eigenvalue weighted by Gasteiger charge is 2.12. The van der Waals surface area contributed by atoms with Crippen LogP contribution in [0.2, 0.25) is 0 Å². The number of hydrogen-bond acceptors (Lipinski definition) is 4. The summed E-state index contributed by atoms with van der Waals surface area (Å²) in [6, 6.07) is 13.9. The summed E-state index contributed by atoms with van der Waals surface area (Å²) in [6.07, 6.45) is 2.02. The minimum atomic E-state index is -0.557. The summed E-state index contributed by atoms with van der Waals surface area (Å²) in [7, 11) is 0. The number of carbonyl (C=O) groups excluding carboxylic acids is 3. The van der Waals surface area contributed by atoms with Crippen LogP contribution in [-0.4, -0.2) is 30.4 Å². The zero-order valence-electron chi connectivity index (χ0n) is 17.2. The van der Waals surface area contributed by atoms with Crippen LogP contribution >= 0.6 is 0 Å². The van der Waals surface area contributed by atoms with Crippen LogP contribution in [0, 0.1) is 0 Å². The first-order chi connectivity index (χ1) is 13.9. The number of aryl methyl sites for hydroxylation is 1. The summed E-state index contributed by atoms with van der Waals surface area (Å²) in [4.78, 5) is 36.0. The average Bonchev–Trinajstić information content (AvgIpc) is 2.71. The van der Waals surface area contributed by atoms with Gasteiger partial charge in [0.15, 0.2) is 12.4 Å². The Labute approximate surface area is 171 Å². The topological polar surface area (TPSA) is 84.5 Å². The van der Waals surface area contributed by atoms with Crippen LogP contribution in [0.25, 0.3) is 0 Å². The third-order valence-electron chi connectivity index (χ3n) is 4.21. The predicted octanol–water partition coefficient (Wildman–Crippen LogP) is 3.89. The summed E-state index contributed by atoms with van der Waals surface area (Å²) >= 11 is 0. The molecule has 6 heteroatoms. The number of carbonyl (C=O) groups is 3. The number of benzene rings is 2. The molecule has 2 rings (SSSR count). The fourth-order valence-electron chi connectivity index (χ4n) is 2.70. The number of hydrogen-bond donors (Lipinski definition) is 2. The van der Waals surface area contributed by atoms with Crippen LogP contribution in [-0.2, 0) is 17.7 Å². The zero-order chi connectivity index (χ0) is 21.2. The lowest BCUT2D eigenvalue weighted by atomic mass is 10.1. The second-order valence-electron chi connectivity index (χ2n) is 7.12. The Morgan fingerprint density at radius 1 is 0.897 bits per heavy atom. The Hall–Kier alpha value is -3.15. The monoisotopic (exact) mass is 396 g/mol. The molecule has 6 nitrogen and oxygen atoms in total. The van der Waals surface area contributed by atoms with Gasteiger partial charge in [0.05, 0.1) is 5.56 Å². The molecule has 0 atom stereocenters. The molecule has 0 aromatic heterocycles. The molecule has 0 fully saturated rings. The molecule has 0 aliphatic heterocycles. The maximum atomic E-state index is 12.2. The van der Waals surface area contributed by atoms with Crippen molar-refractivity contribution in [3.05, 3.63) is 70.8 Å². The van der Waals surface area contributed by atoms with Crippen molar-refractivity contribution >= 4 is 17.8 Å². The van der Waals surface area contributed by atoms with Crippen molar-refractivity contribution in [3.8, 4) is 0 Å². The van der Waals surface area contributed by atoms with Gasteiger partial charge in [-0.3, -0.25) is 4.79 Å². The van der Waals surface area contributed by atoms with Gasteiger partial charge in [-0.15, -0.1) is 0 Å². The molecule has 0 bridgehead atoms. The Bertz CT molecular complexity index is 827. The third-order valence-corrected chi connectivity index (χ3v) is 4.21. The largest absolute Gasteiger partial charge is 0.454 e. The van der Waals surface area contributed by atoms with Gasteiger partial charge in [0.25, 0.3) is 0 Å². The summed E-state index contributed by atoms with van der Waals surface area (Å²) in [6.45, 7) is 5.91. The van der Waals surface area contributed by atoms with Gasteiger partial charge in [0, 0.05) is 18.2 Å². The molecule has 0 spiro atoms. The highest BCUT2D eigenvalue weighted by molar-refractivity contribution is 5.99. The van der Waals surface area contributed by atoms with Gasteiger partial charge >= 0.3 is 12.0 Å². The van der Waals surface area contributed by atoms with Gasteiger partial charge < -0.3 is 15.4 Å². The fraction of sp³-hybridized carbons (Fsp3) is 0.348. The number of ether oxygens (including phenoxy) is 1. The first kappa shape index (κ1) is 22.1. The van der Waals surface area contributed by atoms with E-state index in [4.69, 9.17) is 4.74 Å². The molecule has 0 radical (unpaired) electrons. The molecule has 0 saturated carbocycles. The van der Waals surface area contributed by atoms with E-state index in [0.717, 1.165) is 18.4 Å². The van der Waals surface area contributed by atoms with Crippen LogP contribution in [0.3, 0.4) is 0 Å². The Morgan fingerprint density at radius 2 is 1.48 bits per heavy atom. The molecule has 0 aliphatic carbocycles. The van der Waals surface area contributed by atoms with Gasteiger partial charge in [-0.1, -0.05) is 49.7 Å². The standard InChI is InChI=1S/C23H28N2O4/c1-4-5-17-6-10-19(11-7-17)21(26)15-29-22(27)20-12-8-18(9-13-20)14-24-23(28)25-16(2)3/h6-13,16H,4-5,14-15H2,1-3H3,(H2,24,25,28). The number of rotatable bonds is 9. The molecule has 0 aliphatic rings. The zero-order valence-corrected chi connectivity index (χ0v) is 17.2. The minimum Gasteiger partial charge on any atom is -0.454 e. The Kier molecular flexibility index (Phi) is 8.40.